The van der Waals surface area contributed by atoms with Crippen molar-refractivity contribution in [3.05, 3.63) is 30.7 Å². The van der Waals surface area contributed by atoms with Gasteiger partial charge < -0.3 is 0 Å². The van der Waals surface area contributed by atoms with Gasteiger partial charge in [0, 0.05) is 18.9 Å². The van der Waals surface area contributed by atoms with Crippen LogP contribution in [0.15, 0.2) is 35.7 Å². The second-order valence-corrected chi connectivity index (χ2v) is 7.18. The molecule has 4 rings (SSSR count). The van der Waals surface area contributed by atoms with E-state index < -0.39 is 10.0 Å². The molecule has 0 spiro atoms. The van der Waals surface area contributed by atoms with E-state index in [1.165, 1.54) is 27.9 Å². The van der Waals surface area contributed by atoms with Gasteiger partial charge in [0.25, 0.3) is 21.7 Å². The molecule has 3 aromatic rings. The molecule has 0 aromatic carbocycles. The van der Waals surface area contributed by atoms with E-state index in [-0.39, 0.29) is 11.0 Å². The monoisotopic (exact) mass is 333 g/mol. The van der Waals surface area contributed by atoms with E-state index >= 15 is 0 Å². The van der Waals surface area contributed by atoms with E-state index in [0.717, 1.165) is 12.8 Å². The summed E-state index contributed by atoms with van der Waals surface area (Å²) in [5.41, 5.74) is 0. The molecule has 1 saturated carbocycles. The number of sulfonamides is 1. The average molecular weight is 333 g/mol. The summed E-state index contributed by atoms with van der Waals surface area (Å²) in [5.74, 6) is 0.814. The maximum Gasteiger partial charge on any atom is 0.281 e. The van der Waals surface area contributed by atoms with Gasteiger partial charge in [0.1, 0.15) is 0 Å². The van der Waals surface area contributed by atoms with Crippen LogP contribution in [0.1, 0.15) is 19.3 Å². The maximum absolute atomic E-state index is 12.6. The summed E-state index contributed by atoms with van der Waals surface area (Å²) in [7, 11) is -3.79. The van der Waals surface area contributed by atoms with E-state index in [0.29, 0.717) is 18.2 Å². The molecule has 3 aromatic heterocycles. The SMILES string of the molecule is O=S(=O)(Nc1nc2ncccn2n1)c1ccnn1CC1CCC1. The first-order chi connectivity index (χ1) is 11.1. The van der Waals surface area contributed by atoms with Gasteiger partial charge in [-0.2, -0.15) is 18.5 Å². The summed E-state index contributed by atoms with van der Waals surface area (Å²) >= 11 is 0. The van der Waals surface area contributed by atoms with E-state index in [4.69, 9.17) is 0 Å². The summed E-state index contributed by atoms with van der Waals surface area (Å²) in [4.78, 5) is 8.05. The van der Waals surface area contributed by atoms with Crippen LogP contribution in [0.5, 0.6) is 0 Å². The minimum Gasteiger partial charge on any atom is -0.252 e. The summed E-state index contributed by atoms with van der Waals surface area (Å²) in [6, 6.07) is 3.17. The van der Waals surface area contributed by atoms with Gasteiger partial charge in [-0.3, -0.25) is 4.68 Å². The molecule has 23 heavy (non-hydrogen) atoms. The Hall–Kier alpha value is -2.49. The Balaban J connectivity index is 1.61. The van der Waals surface area contributed by atoms with Gasteiger partial charge in [-0.25, -0.2) is 14.2 Å². The van der Waals surface area contributed by atoms with Crippen LogP contribution in [0.2, 0.25) is 0 Å². The molecule has 1 fully saturated rings. The van der Waals surface area contributed by atoms with Crippen LogP contribution in [-0.2, 0) is 16.6 Å². The van der Waals surface area contributed by atoms with Crippen molar-refractivity contribution < 1.29 is 8.42 Å². The fourth-order valence-corrected chi connectivity index (χ4v) is 3.62. The van der Waals surface area contributed by atoms with Crippen molar-refractivity contribution in [3.8, 4) is 0 Å². The third-order valence-corrected chi connectivity index (χ3v) is 5.30. The lowest BCUT2D eigenvalue weighted by atomic mass is 9.85. The van der Waals surface area contributed by atoms with Gasteiger partial charge in [0.2, 0.25) is 0 Å². The molecule has 0 saturated heterocycles. The van der Waals surface area contributed by atoms with E-state index in [1.807, 2.05) is 0 Å². The highest BCUT2D eigenvalue weighted by molar-refractivity contribution is 7.92. The highest BCUT2D eigenvalue weighted by Gasteiger charge is 2.25. The maximum atomic E-state index is 12.6. The molecule has 9 nitrogen and oxygen atoms in total. The Bertz CT molecular complexity index is 909. The molecule has 1 aliphatic carbocycles. The third kappa shape index (κ3) is 2.65. The first-order valence-corrected chi connectivity index (χ1v) is 8.82. The van der Waals surface area contributed by atoms with Crippen LogP contribution in [0.4, 0.5) is 5.95 Å². The lowest BCUT2D eigenvalue weighted by Gasteiger charge is -2.25. The van der Waals surface area contributed by atoms with Crippen LogP contribution < -0.4 is 4.72 Å². The Labute approximate surface area is 132 Å². The molecule has 0 bridgehead atoms. The molecule has 0 unspecified atom stereocenters. The highest BCUT2D eigenvalue weighted by Crippen LogP contribution is 2.28. The van der Waals surface area contributed by atoms with E-state index in [1.54, 1.807) is 18.5 Å². The number of hydrogen-bond acceptors (Lipinski definition) is 6. The quantitative estimate of drug-likeness (QED) is 0.744. The average Bonchev–Trinajstić information content (AvgIpc) is 3.08. The van der Waals surface area contributed by atoms with Crippen molar-refractivity contribution in [3.63, 3.8) is 0 Å². The Morgan fingerprint density at radius 2 is 2.17 bits per heavy atom. The van der Waals surface area contributed by atoms with Gasteiger partial charge in [-0.05, 0) is 30.9 Å². The van der Waals surface area contributed by atoms with Crippen LogP contribution in [0.25, 0.3) is 5.78 Å². The first-order valence-electron chi connectivity index (χ1n) is 7.34. The van der Waals surface area contributed by atoms with E-state index in [2.05, 4.69) is 24.9 Å². The predicted octanol–water partition coefficient (Wildman–Crippen LogP) is 0.922. The standard InChI is InChI=1S/C13H15N7O2S/c21-23(22,11-5-7-15-20(11)9-10-3-1-4-10)18-12-16-13-14-6-2-8-19(13)17-12/h2,5-8,10H,1,3-4,9H2,(H,17,18). The van der Waals surface area contributed by atoms with Gasteiger partial charge in [0.05, 0.1) is 6.20 Å². The molecular weight excluding hydrogens is 318 g/mol. The third-order valence-electron chi connectivity index (χ3n) is 3.95. The fourth-order valence-electron chi connectivity index (χ4n) is 2.55. The molecule has 0 amide bonds. The van der Waals surface area contributed by atoms with Crippen LogP contribution in [-0.4, -0.2) is 37.8 Å². The van der Waals surface area contributed by atoms with Gasteiger partial charge in [-0.1, -0.05) is 6.42 Å². The van der Waals surface area contributed by atoms with Crippen LogP contribution in [0.3, 0.4) is 0 Å². The minimum atomic E-state index is -3.79. The summed E-state index contributed by atoms with van der Waals surface area (Å²) in [6.45, 7) is 0.614. The van der Waals surface area contributed by atoms with Gasteiger partial charge >= 0.3 is 0 Å². The zero-order valence-electron chi connectivity index (χ0n) is 12.2. The smallest absolute Gasteiger partial charge is 0.252 e. The molecular formula is C13H15N7O2S. The molecule has 0 aliphatic heterocycles. The molecule has 1 aliphatic rings. The first kappa shape index (κ1) is 14.1. The number of rotatable bonds is 5. The van der Waals surface area contributed by atoms with E-state index in [9.17, 15) is 8.42 Å². The van der Waals surface area contributed by atoms with Crippen molar-refractivity contribution in [2.75, 3.05) is 4.72 Å². The second kappa shape index (κ2) is 5.30. The Kier molecular flexibility index (Phi) is 3.26. The molecule has 10 heteroatoms. The summed E-state index contributed by atoms with van der Waals surface area (Å²) in [6.07, 6.45) is 8.14. The van der Waals surface area contributed by atoms with Crippen LogP contribution >= 0.6 is 0 Å². The molecule has 0 radical (unpaired) electrons. The van der Waals surface area contributed by atoms with Crippen molar-refractivity contribution in [1.29, 1.82) is 0 Å². The number of fused-ring (bicyclic) bond motifs is 1. The number of nitrogens with one attached hydrogen (secondary N) is 1. The lowest BCUT2D eigenvalue weighted by molar-refractivity contribution is 0.258. The summed E-state index contributed by atoms with van der Waals surface area (Å²) in [5, 5.41) is 8.30. The highest BCUT2D eigenvalue weighted by atomic mass is 32.2. The zero-order valence-corrected chi connectivity index (χ0v) is 13.0. The molecule has 0 atom stereocenters. The Morgan fingerprint density at radius 3 is 2.91 bits per heavy atom. The predicted molar refractivity (Wildman–Crippen MR) is 81.2 cm³/mol. The normalized spacial score (nSPS) is 15.7. The van der Waals surface area contributed by atoms with Crippen molar-refractivity contribution in [2.24, 2.45) is 5.92 Å². The molecule has 1 N–H and O–H groups in total. The number of nitrogens with zero attached hydrogens (tertiary/aromatic N) is 6. The largest absolute Gasteiger partial charge is 0.281 e. The lowest BCUT2D eigenvalue weighted by Crippen LogP contribution is -2.24. The second-order valence-electron chi connectivity index (χ2n) is 5.55. The zero-order chi connectivity index (χ0) is 15.9. The number of hydrogen-bond donors (Lipinski definition) is 1. The Morgan fingerprint density at radius 1 is 1.30 bits per heavy atom. The fraction of sp³-hybridized carbons (Fsp3) is 0.385. The van der Waals surface area contributed by atoms with Gasteiger partial charge in [-0.15, -0.1) is 5.10 Å². The van der Waals surface area contributed by atoms with Gasteiger partial charge in [0.15, 0.2) is 5.03 Å². The number of aromatic nitrogens is 6. The minimum absolute atomic E-state index is 0.0138. The topological polar surface area (TPSA) is 107 Å². The molecule has 120 valence electrons. The number of anilines is 1. The van der Waals surface area contributed by atoms with Crippen molar-refractivity contribution >= 4 is 21.7 Å². The molecule has 3 heterocycles. The summed E-state index contributed by atoms with van der Waals surface area (Å²) < 4.78 is 30.5. The van der Waals surface area contributed by atoms with Crippen LogP contribution in [0, 0.1) is 5.92 Å². The van der Waals surface area contributed by atoms with Crippen molar-refractivity contribution in [1.82, 2.24) is 29.4 Å². The van der Waals surface area contributed by atoms with Crippen molar-refractivity contribution in [2.45, 2.75) is 30.8 Å².